The van der Waals surface area contributed by atoms with Crippen LogP contribution in [-0.4, -0.2) is 35.0 Å². The van der Waals surface area contributed by atoms with E-state index in [-0.39, 0.29) is 13.1 Å². The topological polar surface area (TPSA) is 81.6 Å². The quantitative estimate of drug-likeness (QED) is 0.589. The molecule has 0 bridgehead atoms. The molecule has 0 aromatic heterocycles. The van der Waals surface area contributed by atoms with Gasteiger partial charge in [0.2, 0.25) is 0 Å². The molecule has 0 aliphatic carbocycles. The normalized spacial score (nSPS) is 13.2. The van der Waals surface area contributed by atoms with Gasteiger partial charge >= 0.3 is 6.09 Å². The van der Waals surface area contributed by atoms with E-state index in [1.165, 1.54) is 12.1 Å². The Kier molecular flexibility index (Phi) is 6.85. The first-order valence-corrected chi connectivity index (χ1v) is 7.81. The minimum Gasteiger partial charge on any atom is -0.465 e. The first kappa shape index (κ1) is 18.8. The Bertz CT molecular complexity index is 678. The molecular weight excluding hydrogens is 330 g/mol. The number of benzene rings is 2. The number of halogens is 2. The summed E-state index contributed by atoms with van der Waals surface area (Å²) in [5, 5.41) is 24.4. The molecule has 1 amide bonds. The van der Waals surface area contributed by atoms with Crippen LogP contribution < -0.4 is 10.6 Å². The lowest BCUT2D eigenvalue weighted by Crippen LogP contribution is -2.48. The highest BCUT2D eigenvalue weighted by molar-refractivity contribution is 5.65. The van der Waals surface area contributed by atoms with E-state index in [0.29, 0.717) is 12.0 Å². The van der Waals surface area contributed by atoms with Crippen molar-refractivity contribution < 1.29 is 23.8 Å². The number of aliphatic hydroxyl groups excluding tert-OH is 1. The van der Waals surface area contributed by atoms with Crippen molar-refractivity contribution in [2.45, 2.75) is 25.1 Å². The summed E-state index contributed by atoms with van der Waals surface area (Å²) in [4.78, 5) is 10.9. The Morgan fingerprint density at radius 3 is 2.28 bits per heavy atom. The van der Waals surface area contributed by atoms with Crippen LogP contribution in [0.4, 0.5) is 13.6 Å². The van der Waals surface area contributed by atoms with Crippen LogP contribution in [0.2, 0.25) is 0 Å². The molecule has 2 aromatic carbocycles. The fourth-order valence-corrected chi connectivity index (χ4v) is 2.53. The first-order chi connectivity index (χ1) is 11.9. The van der Waals surface area contributed by atoms with Crippen LogP contribution in [0.5, 0.6) is 0 Å². The third-order valence-electron chi connectivity index (χ3n) is 3.68. The zero-order chi connectivity index (χ0) is 18.2. The maximum Gasteiger partial charge on any atom is 0.404 e. The number of carbonyl (C=O) groups is 1. The average molecular weight is 350 g/mol. The van der Waals surface area contributed by atoms with E-state index in [1.54, 1.807) is 0 Å². The molecule has 0 aliphatic heterocycles. The van der Waals surface area contributed by atoms with Gasteiger partial charge in [0.25, 0.3) is 0 Å². The lowest BCUT2D eigenvalue weighted by atomic mass is 10.0. The van der Waals surface area contributed by atoms with E-state index >= 15 is 0 Å². The molecule has 7 heteroatoms. The van der Waals surface area contributed by atoms with Crippen molar-refractivity contribution >= 4 is 6.09 Å². The summed E-state index contributed by atoms with van der Waals surface area (Å²) < 4.78 is 26.3. The molecular formula is C18H20F2N2O3. The molecule has 0 spiro atoms. The molecule has 2 atom stereocenters. The Hall–Kier alpha value is -2.51. The Labute approximate surface area is 144 Å². The Morgan fingerprint density at radius 1 is 1.04 bits per heavy atom. The smallest absolute Gasteiger partial charge is 0.404 e. The molecule has 5 nitrogen and oxygen atoms in total. The minimum absolute atomic E-state index is 0.0654. The number of nitrogens with one attached hydrogen (secondary N) is 2. The summed E-state index contributed by atoms with van der Waals surface area (Å²) >= 11 is 0. The van der Waals surface area contributed by atoms with E-state index < -0.39 is 29.9 Å². The number of hydrogen-bond donors (Lipinski definition) is 4. The fourth-order valence-electron chi connectivity index (χ4n) is 2.53. The number of rotatable bonds is 8. The molecule has 134 valence electrons. The molecule has 4 N–H and O–H groups in total. The third-order valence-corrected chi connectivity index (χ3v) is 3.68. The van der Waals surface area contributed by atoms with Crippen molar-refractivity contribution in [3.63, 3.8) is 0 Å². The molecule has 0 saturated carbocycles. The molecule has 0 radical (unpaired) electrons. The monoisotopic (exact) mass is 350 g/mol. The van der Waals surface area contributed by atoms with Crippen LogP contribution >= 0.6 is 0 Å². The van der Waals surface area contributed by atoms with Gasteiger partial charge in [-0.15, -0.1) is 0 Å². The molecule has 25 heavy (non-hydrogen) atoms. The molecule has 0 heterocycles. The SMILES string of the molecule is O=C(O)N[C@@H](Cc1ccccc1)[C@@H](O)CNCc1cc(F)cc(F)c1. The largest absolute Gasteiger partial charge is 0.465 e. The first-order valence-electron chi connectivity index (χ1n) is 7.81. The van der Waals surface area contributed by atoms with Gasteiger partial charge in [-0.3, -0.25) is 0 Å². The summed E-state index contributed by atoms with van der Waals surface area (Å²) in [5.41, 5.74) is 1.28. The van der Waals surface area contributed by atoms with Crippen molar-refractivity contribution in [2.75, 3.05) is 6.54 Å². The van der Waals surface area contributed by atoms with Crippen LogP contribution in [-0.2, 0) is 13.0 Å². The highest BCUT2D eigenvalue weighted by Crippen LogP contribution is 2.09. The van der Waals surface area contributed by atoms with Crippen molar-refractivity contribution in [3.05, 3.63) is 71.3 Å². The molecule has 0 aliphatic rings. The third kappa shape index (κ3) is 6.48. The molecule has 0 fully saturated rings. The van der Waals surface area contributed by atoms with Crippen LogP contribution in [0.15, 0.2) is 48.5 Å². The summed E-state index contributed by atoms with van der Waals surface area (Å²) in [6, 6.07) is 11.6. The minimum atomic E-state index is -1.23. The van der Waals surface area contributed by atoms with Gasteiger partial charge in [-0.05, 0) is 29.7 Å². The molecule has 0 unspecified atom stereocenters. The van der Waals surface area contributed by atoms with Crippen LogP contribution in [0, 0.1) is 11.6 Å². The van der Waals surface area contributed by atoms with E-state index in [0.717, 1.165) is 11.6 Å². The summed E-state index contributed by atoms with van der Waals surface area (Å²) in [6.45, 7) is 0.215. The second kappa shape index (κ2) is 9.10. The van der Waals surface area contributed by atoms with Crippen molar-refractivity contribution in [1.82, 2.24) is 10.6 Å². The summed E-state index contributed by atoms with van der Waals surface area (Å²) in [6.07, 6.45) is -1.91. The van der Waals surface area contributed by atoms with E-state index in [9.17, 15) is 18.7 Å². The van der Waals surface area contributed by atoms with Crippen LogP contribution in [0.1, 0.15) is 11.1 Å². The van der Waals surface area contributed by atoms with Gasteiger partial charge in [-0.2, -0.15) is 0 Å². The Balaban J connectivity index is 1.92. The van der Waals surface area contributed by atoms with Crippen LogP contribution in [0.25, 0.3) is 0 Å². The van der Waals surface area contributed by atoms with Crippen LogP contribution in [0.3, 0.4) is 0 Å². The van der Waals surface area contributed by atoms with Crippen molar-refractivity contribution in [2.24, 2.45) is 0 Å². The maximum absolute atomic E-state index is 13.1. The fraction of sp³-hybridized carbons (Fsp3) is 0.278. The molecule has 0 saturated heterocycles. The van der Waals surface area contributed by atoms with Crippen molar-refractivity contribution in [1.29, 1.82) is 0 Å². The van der Waals surface area contributed by atoms with Gasteiger partial charge in [0, 0.05) is 19.2 Å². The second-order valence-corrected chi connectivity index (χ2v) is 5.72. The number of carboxylic acid groups (broad SMARTS) is 1. The van der Waals surface area contributed by atoms with Crippen molar-refractivity contribution in [3.8, 4) is 0 Å². The van der Waals surface area contributed by atoms with E-state index in [1.807, 2.05) is 30.3 Å². The number of hydrogen-bond acceptors (Lipinski definition) is 3. The zero-order valence-corrected chi connectivity index (χ0v) is 13.5. The molecule has 2 aromatic rings. The predicted octanol–water partition coefficient (Wildman–Crippen LogP) is 2.29. The van der Waals surface area contributed by atoms with E-state index in [2.05, 4.69) is 10.6 Å². The lowest BCUT2D eigenvalue weighted by Gasteiger charge is -2.23. The van der Waals surface area contributed by atoms with Gasteiger partial charge in [0.05, 0.1) is 12.1 Å². The predicted molar refractivity (Wildman–Crippen MR) is 89.2 cm³/mol. The van der Waals surface area contributed by atoms with Gasteiger partial charge in [0.15, 0.2) is 0 Å². The summed E-state index contributed by atoms with van der Waals surface area (Å²) in [5.74, 6) is -1.35. The Morgan fingerprint density at radius 2 is 1.68 bits per heavy atom. The van der Waals surface area contributed by atoms with E-state index in [4.69, 9.17) is 5.11 Å². The molecule has 2 rings (SSSR count). The second-order valence-electron chi connectivity index (χ2n) is 5.72. The summed E-state index contributed by atoms with van der Waals surface area (Å²) in [7, 11) is 0. The van der Waals surface area contributed by atoms with Gasteiger partial charge in [-0.25, -0.2) is 13.6 Å². The van der Waals surface area contributed by atoms with Gasteiger partial charge in [-0.1, -0.05) is 30.3 Å². The highest BCUT2D eigenvalue weighted by Gasteiger charge is 2.21. The lowest BCUT2D eigenvalue weighted by molar-refractivity contribution is 0.117. The standard InChI is InChI=1S/C18H20F2N2O3/c19-14-6-13(7-15(20)9-14)10-21-11-17(23)16(22-18(24)25)8-12-4-2-1-3-5-12/h1-7,9,16-17,21-23H,8,10-11H2,(H,24,25)/t16-,17-/m0/s1. The number of aliphatic hydroxyl groups is 1. The average Bonchev–Trinajstić information content (AvgIpc) is 2.54. The van der Waals surface area contributed by atoms with Gasteiger partial charge < -0.3 is 20.8 Å². The van der Waals surface area contributed by atoms with Gasteiger partial charge in [0.1, 0.15) is 11.6 Å². The zero-order valence-electron chi connectivity index (χ0n) is 13.5. The number of amides is 1. The maximum atomic E-state index is 13.1. The highest BCUT2D eigenvalue weighted by atomic mass is 19.1.